The van der Waals surface area contributed by atoms with Gasteiger partial charge in [0.05, 0.1) is 19.3 Å². The number of nitrogens with zero attached hydrogens (tertiary/aromatic N) is 1. The highest BCUT2D eigenvalue weighted by Crippen LogP contribution is 2.36. The van der Waals surface area contributed by atoms with Gasteiger partial charge in [-0.25, -0.2) is 9.79 Å². The normalized spacial score (nSPS) is 16.0. The average Bonchev–Trinajstić information content (AvgIpc) is 2.72. The van der Waals surface area contributed by atoms with Crippen LogP contribution in [0.2, 0.25) is 0 Å². The Hall–Kier alpha value is -3.48. The summed E-state index contributed by atoms with van der Waals surface area (Å²) in [5.74, 6) is 0.960. The van der Waals surface area contributed by atoms with Crippen LogP contribution in [0.3, 0.4) is 0 Å². The van der Waals surface area contributed by atoms with Crippen LogP contribution in [0.15, 0.2) is 64.8 Å². The fraction of sp³-hybridized carbons (Fsp3) is 0.273. The van der Waals surface area contributed by atoms with E-state index in [1.165, 1.54) is 0 Å². The first kappa shape index (κ1) is 20.3. The van der Waals surface area contributed by atoms with E-state index >= 15 is 0 Å². The summed E-state index contributed by atoms with van der Waals surface area (Å²) in [6, 6.07) is 14.7. The van der Waals surface area contributed by atoms with Crippen LogP contribution in [-0.4, -0.2) is 25.6 Å². The van der Waals surface area contributed by atoms with Gasteiger partial charge in [0, 0.05) is 5.70 Å². The number of nitrogens with two attached hydrogens (primary N) is 1. The lowest BCUT2D eigenvalue weighted by molar-refractivity contribution is -0.138. The second kappa shape index (κ2) is 9.14. The number of ether oxygens (including phenoxy) is 3. The van der Waals surface area contributed by atoms with E-state index in [2.05, 4.69) is 10.3 Å². The molecule has 0 bridgehead atoms. The van der Waals surface area contributed by atoms with Crippen LogP contribution in [-0.2, 0) is 16.1 Å². The van der Waals surface area contributed by atoms with Gasteiger partial charge < -0.3 is 25.3 Å². The van der Waals surface area contributed by atoms with Gasteiger partial charge in [0.2, 0.25) is 0 Å². The van der Waals surface area contributed by atoms with Crippen LogP contribution in [0.25, 0.3) is 0 Å². The molecule has 152 valence electrons. The number of rotatable bonds is 7. The van der Waals surface area contributed by atoms with E-state index in [9.17, 15) is 4.79 Å². The fourth-order valence-corrected chi connectivity index (χ4v) is 3.12. The number of aliphatic imine (C=N–C) groups is 1. The molecule has 1 aliphatic rings. The predicted octanol–water partition coefficient (Wildman–Crippen LogP) is 3.07. The van der Waals surface area contributed by atoms with Gasteiger partial charge in [-0.3, -0.25) is 0 Å². The van der Waals surface area contributed by atoms with Gasteiger partial charge in [0.25, 0.3) is 0 Å². The minimum atomic E-state index is -0.590. The Kier molecular flexibility index (Phi) is 6.39. The zero-order valence-corrected chi connectivity index (χ0v) is 16.8. The van der Waals surface area contributed by atoms with Crippen molar-refractivity contribution in [2.24, 2.45) is 10.7 Å². The van der Waals surface area contributed by atoms with Crippen molar-refractivity contribution < 1.29 is 19.0 Å². The molecule has 0 fully saturated rings. The van der Waals surface area contributed by atoms with E-state index in [1.54, 1.807) is 27.0 Å². The summed E-state index contributed by atoms with van der Waals surface area (Å²) in [5, 5.41) is 2.90. The third-order valence-corrected chi connectivity index (χ3v) is 4.50. The zero-order valence-electron chi connectivity index (χ0n) is 16.8. The Morgan fingerprint density at radius 1 is 1.17 bits per heavy atom. The molecule has 0 unspecified atom stereocenters. The van der Waals surface area contributed by atoms with Gasteiger partial charge in [0.1, 0.15) is 12.6 Å². The summed E-state index contributed by atoms with van der Waals surface area (Å²) < 4.78 is 16.6. The minimum Gasteiger partial charge on any atom is -0.493 e. The first-order chi connectivity index (χ1) is 14.0. The number of esters is 1. The molecule has 0 spiro atoms. The molecule has 0 amide bonds. The first-order valence-electron chi connectivity index (χ1n) is 9.36. The van der Waals surface area contributed by atoms with Crippen LogP contribution in [0.1, 0.15) is 31.0 Å². The summed E-state index contributed by atoms with van der Waals surface area (Å²) in [6.45, 7) is 4.23. The van der Waals surface area contributed by atoms with E-state index < -0.39 is 12.0 Å². The molecule has 1 aliphatic heterocycles. The van der Waals surface area contributed by atoms with Crippen molar-refractivity contribution >= 4 is 11.9 Å². The Morgan fingerprint density at radius 3 is 2.62 bits per heavy atom. The molecule has 0 saturated carbocycles. The van der Waals surface area contributed by atoms with Crippen molar-refractivity contribution in [3.63, 3.8) is 0 Å². The molecule has 0 aliphatic carbocycles. The van der Waals surface area contributed by atoms with Crippen molar-refractivity contribution in [1.82, 2.24) is 5.32 Å². The molecule has 7 heteroatoms. The van der Waals surface area contributed by atoms with Gasteiger partial charge >= 0.3 is 5.97 Å². The lowest BCUT2D eigenvalue weighted by atomic mass is 9.96. The molecular weight excluding hydrogens is 370 g/mol. The third-order valence-electron chi connectivity index (χ3n) is 4.50. The number of hydrogen-bond acceptors (Lipinski definition) is 7. The van der Waals surface area contributed by atoms with Crippen molar-refractivity contribution in [2.75, 3.05) is 13.7 Å². The Labute approximate surface area is 170 Å². The summed E-state index contributed by atoms with van der Waals surface area (Å²) in [5.41, 5.74) is 8.74. The summed E-state index contributed by atoms with van der Waals surface area (Å²) in [6.07, 6.45) is 0. The number of allylic oxidation sites excluding steroid dienone is 1. The number of benzene rings is 2. The highest BCUT2D eigenvalue weighted by Gasteiger charge is 2.30. The summed E-state index contributed by atoms with van der Waals surface area (Å²) in [4.78, 5) is 16.9. The highest BCUT2D eigenvalue weighted by atomic mass is 16.5. The summed E-state index contributed by atoms with van der Waals surface area (Å²) in [7, 11) is 1.57. The highest BCUT2D eigenvalue weighted by molar-refractivity contribution is 5.95. The number of hydrogen-bond donors (Lipinski definition) is 2. The molecule has 3 N–H and O–H groups in total. The maximum absolute atomic E-state index is 12.5. The average molecular weight is 395 g/mol. The first-order valence-corrected chi connectivity index (χ1v) is 9.36. The van der Waals surface area contributed by atoms with Gasteiger partial charge in [-0.2, -0.15) is 0 Å². The Morgan fingerprint density at radius 2 is 1.93 bits per heavy atom. The van der Waals surface area contributed by atoms with Crippen LogP contribution >= 0.6 is 0 Å². The van der Waals surface area contributed by atoms with Gasteiger partial charge in [-0.15, -0.1) is 0 Å². The number of guanidine groups is 1. The summed E-state index contributed by atoms with van der Waals surface area (Å²) >= 11 is 0. The second-order valence-corrected chi connectivity index (χ2v) is 6.49. The van der Waals surface area contributed by atoms with E-state index in [0.29, 0.717) is 29.4 Å². The van der Waals surface area contributed by atoms with Gasteiger partial charge in [-0.05, 0) is 37.1 Å². The lowest BCUT2D eigenvalue weighted by Gasteiger charge is -2.25. The smallest absolute Gasteiger partial charge is 0.338 e. The van der Waals surface area contributed by atoms with E-state index in [4.69, 9.17) is 19.9 Å². The zero-order chi connectivity index (χ0) is 20.8. The van der Waals surface area contributed by atoms with Crippen molar-refractivity contribution in [3.8, 4) is 11.5 Å². The molecule has 29 heavy (non-hydrogen) atoms. The predicted molar refractivity (Wildman–Crippen MR) is 111 cm³/mol. The van der Waals surface area contributed by atoms with E-state index in [-0.39, 0.29) is 12.6 Å². The van der Waals surface area contributed by atoms with E-state index in [1.807, 2.05) is 42.5 Å². The topological polar surface area (TPSA) is 95.2 Å². The maximum Gasteiger partial charge on any atom is 0.338 e. The number of methoxy groups -OCH3 is 1. The van der Waals surface area contributed by atoms with E-state index in [0.717, 1.165) is 11.1 Å². The van der Waals surface area contributed by atoms with Crippen LogP contribution in [0, 0.1) is 0 Å². The quantitative estimate of drug-likeness (QED) is 0.700. The van der Waals surface area contributed by atoms with Crippen LogP contribution < -0.4 is 20.5 Å². The standard InChI is InChI=1S/C22H25N3O4/c1-4-28-21(26)19-14(2)24-22(23)25-20(19)16-10-11-17(18(12-16)27-3)29-13-15-8-6-5-7-9-15/h5-12,20H,4,13H2,1-3H3,(H3,23,24,25)/t20-/m0/s1. The largest absolute Gasteiger partial charge is 0.493 e. The second-order valence-electron chi connectivity index (χ2n) is 6.49. The number of carbonyl (C=O) groups is 1. The molecule has 2 aromatic carbocycles. The number of carbonyl (C=O) groups excluding carboxylic acids is 1. The van der Waals surface area contributed by atoms with Crippen molar-refractivity contribution in [3.05, 3.63) is 70.9 Å². The van der Waals surface area contributed by atoms with Gasteiger partial charge in [0.15, 0.2) is 17.5 Å². The lowest BCUT2D eigenvalue weighted by Crippen LogP contribution is -2.37. The molecule has 2 aromatic rings. The van der Waals surface area contributed by atoms with Crippen molar-refractivity contribution in [2.45, 2.75) is 26.5 Å². The molecule has 3 rings (SSSR count). The van der Waals surface area contributed by atoms with Gasteiger partial charge in [-0.1, -0.05) is 36.4 Å². The van der Waals surface area contributed by atoms with Crippen LogP contribution in [0.4, 0.5) is 0 Å². The molecule has 0 radical (unpaired) electrons. The Bertz CT molecular complexity index is 938. The minimum absolute atomic E-state index is 0.240. The third kappa shape index (κ3) is 4.68. The SMILES string of the molecule is CCOC(=O)C1=C(C)NC(N)=N[C@H]1c1ccc(OCc2ccccc2)c(OC)c1. The molecular formula is C22H25N3O4. The van der Waals surface area contributed by atoms with Crippen LogP contribution in [0.5, 0.6) is 11.5 Å². The van der Waals surface area contributed by atoms with Crippen molar-refractivity contribution in [1.29, 1.82) is 0 Å². The molecule has 7 nitrogen and oxygen atoms in total. The fourth-order valence-electron chi connectivity index (χ4n) is 3.12. The Balaban J connectivity index is 1.89. The number of nitrogens with one attached hydrogen (secondary N) is 1. The molecule has 0 aromatic heterocycles. The monoisotopic (exact) mass is 395 g/mol. The molecule has 0 saturated heterocycles. The maximum atomic E-state index is 12.5. The molecule has 1 heterocycles. The molecule has 1 atom stereocenters.